The van der Waals surface area contributed by atoms with Gasteiger partial charge in [0, 0.05) is 11.9 Å². The summed E-state index contributed by atoms with van der Waals surface area (Å²) >= 11 is 5.55. The number of nitrogens with zero attached hydrogens (tertiary/aromatic N) is 1. The zero-order valence-corrected chi connectivity index (χ0v) is 14.9. The highest BCUT2D eigenvalue weighted by molar-refractivity contribution is 6.30. The standard InChI is InChI=1S/C17H14ClF3N2O4/c1-9-11(16(26)27-2)4-3-5-13(9)22-14(24)8-23-7-10(17(19,20)21)6-12(18)15(23)25/h3-7H,8H2,1-2H3,(H,22,24). The van der Waals surface area contributed by atoms with Gasteiger partial charge in [0.2, 0.25) is 5.91 Å². The van der Waals surface area contributed by atoms with Crippen LogP contribution in [0, 0.1) is 6.92 Å². The van der Waals surface area contributed by atoms with E-state index in [0.29, 0.717) is 22.4 Å². The number of methoxy groups -OCH3 is 1. The fourth-order valence-corrected chi connectivity index (χ4v) is 2.54. The highest BCUT2D eigenvalue weighted by Gasteiger charge is 2.32. The third kappa shape index (κ3) is 4.68. The van der Waals surface area contributed by atoms with Crippen molar-refractivity contribution in [2.75, 3.05) is 12.4 Å². The number of aromatic nitrogens is 1. The third-order valence-electron chi connectivity index (χ3n) is 3.70. The number of hydrogen-bond acceptors (Lipinski definition) is 4. The quantitative estimate of drug-likeness (QED) is 0.796. The van der Waals surface area contributed by atoms with Crippen LogP contribution in [0.5, 0.6) is 0 Å². The second kappa shape index (κ2) is 7.83. The van der Waals surface area contributed by atoms with E-state index in [0.717, 1.165) is 0 Å². The van der Waals surface area contributed by atoms with Gasteiger partial charge in [-0.1, -0.05) is 17.7 Å². The molecule has 10 heteroatoms. The van der Waals surface area contributed by atoms with E-state index in [9.17, 15) is 27.6 Å². The Bertz CT molecular complexity index is 954. The number of pyridine rings is 1. The predicted octanol–water partition coefficient (Wildman–Crippen LogP) is 3.25. The first-order valence-corrected chi connectivity index (χ1v) is 7.87. The van der Waals surface area contributed by atoms with E-state index in [-0.39, 0.29) is 11.3 Å². The van der Waals surface area contributed by atoms with Gasteiger partial charge in [-0.15, -0.1) is 0 Å². The number of rotatable bonds is 4. The fourth-order valence-electron chi connectivity index (χ4n) is 2.32. The number of ether oxygens (including phenoxy) is 1. The smallest absolute Gasteiger partial charge is 0.417 e. The van der Waals surface area contributed by atoms with Crippen molar-refractivity contribution < 1.29 is 27.5 Å². The van der Waals surface area contributed by atoms with Crippen LogP contribution >= 0.6 is 11.6 Å². The Kier molecular flexibility index (Phi) is 5.94. The number of nitrogens with one attached hydrogen (secondary N) is 1. The maximum atomic E-state index is 12.9. The monoisotopic (exact) mass is 402 g/mol. The summed E-state index contributed by atoms with van der Waals surface area (Å²) in [5.74, 6) is -1.37. The van der Waals surface area contributed by atoms with Gasteiger partial charge in [-0.2, -0.15) is 13.2 Å². The molecule has 0 radical (unpaired) electrons. The Morgan fingerprint density at radius 3 is 2.56 bits per heavy atom. The largest absolute Gasteiger partial charge is 0.465 e. The van der Waals surface area contributed by atoms with Gasteiger partial charge < -0.3 is 14.6 Å². The molecule has 0 atom stereocenters. The van der Waals surface area contributed by atoms with Gasteiger partial charge in [-0.25, -0.2) is 4.79 Å². The Morgan fingerprint density at radius 2 is 1.96 bits per heavy atom. The van der Waals surface area contributed by atoms with E-state index in [1.165, 1.54) is 25.3 Å². The lowest BCUT2D eigenvalue weighted by Crippen LogP contribution is -2.29. The number of anilines is 1. The molecule has 1 aromatic carbocycles. The van der Waals surface area contributed by atoms with Crippen molar-refractivity contribution in [3.05, 3.63) is 62.5 Å². The van der Waals surface area contributed by atoms with Crippen molar-refractivity contribution in [1.82, 2.24) is 4.57 Å². The third-order valence-corrected chi connectivity index (χ3v) is 3.97. The zero-order valence-electron chi connectivity index (χ0n) is 14.2. The van der Waals surface area contributed by atoms with E-state index < -0.39 is 40.7 Å². The second-order valence-corrected chi connectivity index (χ2v) is 5.93. The molecule has 144 valence electrons. The highest BCUT2D eigenvalue weighted by Crippen LogP contribution is 2.29. The summed E-state index contributed by atoms with van der Waals surface area (Å²) in [5.41, 5.74) is -1.20. The summed E-state index contributed by atoms with van der Waals surface area (Å²) in [7, 11) is 1.21. The second-order valence-electron chi connectivity index (χ2n) is 5.53. The molecular formula is C17H14ClF3N2O4. The number of benzene rings is 1. The molecule has 6 nitrogen and oxygen atoms in total. The summed E-state index contributed by atoms with van der Waals surface area (Å²) in [5, 5.41) is 1.80. The van der Waals surface area contributed by atoms with Crippen LogP contribution in [-0.4, -0.2) is 23.6 Å². The topological polar surface area (TPSA) is 77.4 Å². The van der Waals surface area contributed by atoms with Crippen molar-refractivity contribution in [2.45, 2.75) is 19.6 Å². The summed E-state index contributed by atoms with van der Waals surface area (Å²) < 4.78 is 43.8. The molecule has 27 heavy (non-hydrogen) atoms. The first-order valence-electron chi connectivity index (χ1n) is 7.49. The van der Waals surface area contributed by atoms with Crippen LogP contribution in [0.3, 0.4) is 0 Å². The minimum atomic E-state index is -4.72. The molecule has 0 bridgehead atoms. The van der Waals surface area contributed by atoms with E-state index >= 15 is 0 Å². The molecule has 0 unspecified atom stereocenters. The number of esters is 1. The zero-order chi connectivity index (χ0) is 20.4. The van der Waals surface area contributed by atoms with E-state index in [1.54, 1.807) is 6.92 Å². The summed E-state index contributed by atoms with van der Waals surface area (Å²) in [6.07, 6.45) is -4.20. The lowest BCUT2D eigenvalue weighted by Gasteiger charge is -2.14. The van der Waals surface area contributed by atoms with Crippen LogP contribution in [0.25, 0.3) is 0 Å². The van der Waals surface area contributed by atoms with Crippen LogP contribution in [-0.2, 0) is 22.3 Å². The molecule has 0 aliphatic rings. The van der Waals surface area contributed by atoms with E-state index in [1.807, 2.05) is 0 Å². The molecule has 0 fully saturated rings. The van der Waals surface area contributed by atoms with E-state index in [2.05, 4.69) is 10.1 Å². The first kappa shape index (κ1) is 20.5. The molecule has 1 aromatic heterocycles. The molecule has 0 saturated heterocycles. The van der Waals surface area contributed by atoms with Gasteiger partial charge in [0.1, 0.15) is 11.6 Å². The Morgan fingerprint density at radius 1 is 1.30 bits per heavy atom. The normalized spacial score (nSPS) is 11.2. The molecule has 2 aromatic rings. The van der Waals surface area contributed by atoms with Crippen molar-refractivity contribution in [1.29, 1.82) is 0 Å². The van der Waals surface area contributed by atoms with Gasteiger partial charge in [0.15, 0.2) is 0 Å². The summed E-state index contributed by atoms with van der Waals surface area (Å²) in [6, 6.07) is 5.00. The number of carbonyl (C=O) groups excluding carboxylic acids is 2. The molecule has 1 heterocycles. The van der Waals surface area contributed by atoms with Gasteiger partial charge in [0.05, 0.1) is 18.2 Å². The minimum Gasteiger partial charge on any atom is -0.465 e. The molecular weight excluding hydrogens is 389 g/mol. The van der Waals surface area contributed by atoms with E-state index in [4.69, 9.17) is 11.6 Å². The molecule has 0 saturated carbocycles. The average molecular weight is 403 g/mol. The fraction of sp³-hybridized carbons (Fsp3) is 0.235. The Labute approximate surface area is 156 Å². The maximum absolute atomic E-state index is 12.9. The number of alkyl halides is 3. The summed E-state index contributed by atoms with van der Waals surface area (Å²) in [4.78, 5) is 35.8. The van der Waals surface area contributed by atoms with Gasteiger partial charge >= 0.3 is 12.1 Å². The van der Waals surface area contributed by atoms with Crippen LogP contribution in [0.4, 0.5) is 18.9 Å². The van der Waals surface area contributed by atoms with Crippen molar-refractivity contribution in [2.24, 2.45) is 0 Å². The number of amides is 1. The first-order chi connectivity index (χ1) is 12.5. The molecule has 1 amide bonds. The Hall–Kier alpha value is -2.81. The van der Waals surface area contributed by atoms with Crippen LogP contribution < -0.4 is 10.9 Å². The van der Waals surface area contributed by atoms with Crippen LogP contribution in [0.15, 0.2) is 35.3 Å². The predicted molar refractivity (Wildman–Crippen MR) is 91.9 cm³/mol. The van der Waals surface area contributed by atoms with Crippen molar-refractivity contribution in [3.63, 3.8) is 0 Å². The number of halogens is 4. The van der Waals surface area contributed by atoms with Gasteiger partial charge in [-0.05, 0) is 30.7 Å². The lowest BCUT2D eigenvalue weighted by atomic mass is 10.1. The van der Waals surface area contributed by atoms with Gasteiger partial charge in [0.25, 0.3) is 5.56 Å². The number of carbonyl (C=O) groups is 2. The lowest BCUT2D eigenvalue weighted by molar-refractivity contribution is -0.138. The van der Waals surface area contributed by atoms with Crippen molar-refractivity contribution in [3.8, 4) is 0 Å². The molecule has 2 rings (SSSR count). The molecule has 0 aliphatic heterocycles. The Balaban J connectivity index is 2.28. The SMILES string of the molecule is COC(=O)c1cccc(NC(=O)Cn2cc(C(F)(F)F)cc(Cl)c2=O)c1C. The number of hydrogen-bond donors (Lipinski definition) is 1. The average Bonchev–Trinajstić information content (AvgIpc) is 2.59. The van der Waals surface area contributed by atoms with Gasteiger partial charge in [-0.3, -0.25) is 9.59 Å². The maximum Gasteiger partial charge on any atom is 0.417 e. The summed E-state index contributed by atoms with van der Waals surface area (Å²) in [6.45, 7) is 0.875. The molecule has 1 N–H and O–H groups in total. The van der Waals surface area contributed by atoms with Crippen LogP contribution in [0.2, 0.25) is 5.02 Å². The minimum absolute atomic E-state index is 0.217. The van der Waals surface area contributed by atoms with Crippen molar-refractivity contribution >= 4 is 29.2 Å². The highest BCUT2D eigenvalue weighted by atomic mass is 35.5. The molecule has 0 spiro atoms. The van der Waals surface area contributed by atoms with Crippen LogP contribution in [0.1, 0.15) is 21.5 Å². The molecule has 0 aliphatic carbocycles.